The fourth-order valence-electron chi connectivity index (χ4n) is 3.72. The molecule has 0 amide bonds. The van der Waals surface area contributed by atoms with E-state index in [9.17, 15) is 4.39 Å². The summed E-state index contributed by atoms with van der Waals surface area (Å²) in [5.74, 6) is 1.41. The Morgan fingerprint density at radius 1 is 1.15 bits per heavy atom. The lowest BCUT2D eigenvalue weighted by Crippen LogP contribution is -2.30. The number of hydrogen-bond donors (Lipinski definition) is 1. The number of halogens is 1. The normalized spacial score (nSPS) is 15.9. The van der Waals surface area contributed by atoms with Crippen LogP contribution < -0.4 is 9.47 Å². The third-order valence-corrected chi connectivity index (χ3v) is 4.98. The van der Waals surface area contributed by atoms with Gasteiger partial charge in [0.25, 0.3) is 0 Å². The van der Waals surface area contributed by atoms with Gasteiger partial charge in [-0.2, -0.15) is 5.10 Å². The Labute approximate surface area is 150 Å². The van der Waals surface area contributed by atoms with E-state index in [4.69, 9.17) is 9.47 Å². The monoisotopic (exact) mass is 351 g/mol. The molecule has 0 radical (unpaired) electrons. The van der Waals surface area contributed by atoms with E-state index in [2.05, 4.69) is 21.2 Å². The van der Waals surface area contributed by atoms with Crippen LogP contribution in [0.4, 0.5) is 4.39 Å². The number of fused-ring (bicyclic) bond motifs is 2. The van der Waals surface area contributed by atoms with Gasteiger partial charge in [0.05, 0.1) is 5.69 Å². The van der Waals surface area contributed by atoms with Crippen LogP contribution in [0, 0.1) is 5.82 Å². The van der Waals surface area contributed by atoms with Gasteiger partial charge in [-0.05, 0) is 18.2 Å². The van der Waals surface area contributed by atoms with Crippen molar-refractivity contribution >= 4 is 0 Å². The van der Waals surface area contributed by atoms with E-state index in [1.807, 2.05) is 18.2 Å². The van der Waals surface area contributed by atoms with Crippen molar-refractivity contribution in [3.8, 4) is 22.8 Å². The Kier molecular flexibility index (Phi) is 3.64. The zero-order chi connectivity index (χ0) is 17.5. The number of benzene rings is 2. The summed E-state index contributed by atoms with van der Waals surface area (Å²) in [6.45, 7) is 2.76. The molecule has 3 heterocycles. The predicted octanol–water partition coefficient (Wildman–Crippen LogP) is 3.50. The van der Waals surface area contributed by atoms with Gasteiger partial charge in [-0.15, -0.1) is 0 Å². The van der Waals surface area contributed by atoms with Gasteiger partial charge in [0.2, 0.25) is 6.79 Å². The van der Waals surface area contributed by atoms with Crippen molar-refractivity contribution in [3.05, 3.63) is 65.1 Å². The molecule has 6 heteroatoms. The van der Waals surface area contributed by atoms with E-state index in [0.29, 0.717) is 0 Å². The minimum atomic E-state index is -0.246. The van der Waals surface area contributed by atoms with E-state index >= 15 is 0 Å². The fraction of sp³-hybridized carbons (Fsp3) is 0.250. The van der Waals surface area contributed by atoms with Gasteiger partial charge < -0.3 is 9.47 Å². The lowest BCUT2D eigenvalue weighted by atomic mass is 10.0. The average Bonchev–Trinajstić information content (AvgIpc) is 3.29. The third kappa shape index (κ3) is 2.63. The molecule has 0 spiro atoms. The number of nitrogens with zero attached hydrogens (tertiary/aromatic N) is 2. The first-order valence-electron chi connectivity index (χ1n) is 8.70. The molecular formula is C20H18FN3O2. The number of nitrogens with one attached hydrogen (secondary N) is 1. The summed E-state index contributed by atoms with van der Waals surface area (Å²) in [4.78, 5) is 2.36. The highest BCUT2D eigenvalue weighted by atomic mass is 19.1. The molecule has 0 bridgehead atoms. The Morgan fingerprint density at radius 3 is 3.00 bits per heavy atom. The number of H-pyrrole nitrogens is 1. The molecule has 132 valence electrons. The zero-order valence-electron chi connectivity index (χ0n) is 14.2. The van der Waals surface area contributed by atoms with Crippen molar-refractivity contribution in [2.24, 2.45) is 0 Å². The molecule has 0 fully saturated rings. The van der Waals surface area contributed by atoms with Crippen LogP contribution in [0.5, 0.6) is 11.5 Å². The Bertz CT molecular complexity index is 969. The summed E-state index contributed by atoms with van der Waals surface area (Å²) < 4.78 is 24.7. The van der Waals surface area contributed by atoms with Crippen LogP contribution in [0.25, 0.3) is 11.3 Å². The van der Waals surface area contributed by atoms with E-state index in [0.717, 1.165) is 65.6 Å². The van der Waals surface area contributed by atoms with Crippen LogP contribution in [0.3, 0.4) is 0 Å². The smallest absolute Gasteiger partial charge is 0.231 e. The first-order chi connectivity index (χ1) is 12.8. The molecule has 1 N–H and O–H groups in total. The topological polar surface area (TPSA) is 50.4 Å². The van der Waals surface area contributed by atoms with Crippen LogP contribution in [0.15, 0.2) is 42.5 Å². The molecule has 0 aliphatic carbocycles. The molecule has 2 aliphatic rings. The zero-order valence-corrected chi connectivity index (χ0v) is 14.2. The molecule has 1 aromatic heterocycles. The Balaban J connectivity index is 1.42. The number of rotatable bonds is 3. The van der Waals surface area contributed by atoms with E-state index in [-0.39, 0.29) is 12.6 Å². The Hall–Kier alpha value is -2.86. The molecular weight excluding hydrogens is 333 g/mol. The number of ether oxygens (including phenoxy) is 2. The molecule has 0 saturated heterocycles. The first kappa shape index (κ1) is 15.4. The number of aromatic amines is 1. The summed E-state index contributed by atoms with van der Waals surface area (Å²) in [6.07, 6.45) is 0.893. The molecule has 3 aromatic rings. The van der Waals surface area contributed by atoms with E-state index in [1.54, 1.807) is 6.07 Å². The van der Waals surface area contributed by atoms with Crippen LogP contribution in [-0.2, 0) is 19.5 Å². The van der Waals surface area contributed by atoms with Gasteiger partial charge >= 0.3 is 0 Å². The maximum atomic E-state index is 13.6. The van der Waals surface area contributed by atoms with Gasteiger partial charge in [-0.1, -0.05) is 24.3 Å². The van der Waals surface area contributed by atoms with Crippen LogP contribution in [0.2, 0.25) is 0 Å². The number of para-hydroxylation sites is 1. The Morgan fingerprint density at radius 2 is 2.08 bits per heavy atom. The summed E-state index contributed by atoms with van der Waals surface area (Å²) in [5.41, 5.74) is 5.05. The molecule has 2 aliphatic heterocycles. The second-order valence-corrected chi connectivity index (χ2v) is 6.65. The number of hydrogen-bond acceptors (Lipinski definition) is 4. The maximum Gasteiger partial charge on any atom is 0.231 e. The number of aromatic nitrogens is 2. The van der Waals surface area contributed by atoms with Gasteiger partial charge in [0.1, 0.15) is 5.82 Å². The summed E-state index contributed by atoms with van der Waals surface area (Å²) in [7, 11) is 0. The highest BCUT2D eigenvalue weighted by molar-refractivity contribution is 5.64. The highest BCUT2D eigenvalue weighted by Gasteiger charge is 2.25. The predicted molar refractivity (Wildman–Crippen MR) is 94.4 cm³/mol. The van der Waals surface area contributed by atoms with Crippen molar-refractivity contribution < 1.29 is 13.9 Å². The van der Waals surface area contributed by atoms with Crippen LogP contribution in [-0.4, -0.2) is 28.4 Å². The van der Waals surface area contributed by atoms with E-state index in [1.165, 1.54) is 12.1 Å². The first-order valence-corrected chi connectivity index (χ1v) is 8.70. The van der Waals surface area contributed by atoms with Crippen molar-refractivity contribution in [1.29, 1.82) is 0 Å². The molecule has 26 heavy (non-hydrogen) atoms. The van der Waals surface area contributed by atoms with Crippen LogP contribution in [0.1, 0.15) is 16.8 Å². The van der Waals surface area contributed by atoms with Gasteiger partial charge in [-0.25, -0.2) is 4.39 Å². The minimum Gasteiger partial charge on any atom is -0.454 e. The summed E-state index contributed by atoms with van der Waals surface area (Å²) in [5, 5.41) is 7.57. The molecule has 5 nitrogen and oxygen atoms in total. The molecule has 0 saturated carbocycles. The van der Waals surface area contributed by atoms with Crippen molar-refractivity contribution in [2.75, 3.05) is 13.3 Å². The van der Waals surface area contributed by atoms with Crippen molar-refractivity contribution in [1.82, 2.24) is 15.1 Å². The van der Waals surface area contributed by atoms with Gasteiger partial charge in [0.15, 0.2) is 11.5 Å². The fourth-order valence-corrected chi connectivity index (χ4v) is 3.72. The third-order valence-electron chi connectivity index (χ3n) is 4.98. The SMILES string of the molecule is Fc1cccc(-c2n[nH]c3c2CN(Cc2cccc4c2OCO4)CC3)c1. The molecule has 0 unspecified atom stereocenters. The molecule has 5 rings (SSSR count). The minimum absolute atomic E-state index is 0.246. The van der Waals surface area contributed by atoms with Gasteiger partial charge in [0, 0.05) is 48.4 Å². The summed E-state index contributed by atoms with van der Waals surface area (Å²) >= 11 is 0. The molecule has 0 atom stereocenters. The quantitative estimate of drug-likeness (QED) is 0.785. The average molecular weight is 351 g/mol. The van der Waals surface area contributed by atoms with Crippen LogP contribution >= 0.6 is 0 Å². The standard InChI is InChI=1S/C20H18FN3O2/c21-15-5-1-3-13(9-15)19-16-11-24(8-7-17(16)22-23-19)10-14-4-2-6-18-20(14)26-12-25-18/h1-6,9H,7-8,10-12H2,(H,22,23). The lowest BCUT2D eigenvalue weighted by molar-refractivity contribution is 0.171. The largest absolute Gasteiger partial charge is 0.454 e. The lowest BCUT2D eigenvalue weighted by Gasteiger charge is -2.27. The molecule has 2 aromatic carbocycles. The summed E-state index contributed by atoms with van der Waals surface area (Å²) in [6, 6.07) is 12.6. The second kappa shape index (κ2) is 6.14. The highest BCUT2D eigenvalue weighted by Crippen LogP contribution is 2.37. The van der Waals surface area contributed by atoms with Gasteiger partial charge in [-0.3, -0.25) is 10.00 Å². The maximum absolute atomic E-state index is 13.6. The second-order valence-electron chi connectivity index (χ2n) is 6.65. The van der Waals surface area contributed by atoms with E-state index < -0.39 is 0 Å². The van der Waals surface area contributed by atoms with Crippen molar-refractivity contribution in [3.63, 3.8) is 0 Å². The van der Waals surface area contributed by atoms with Crippen molar-refractivity contribution in [2.45, 2.75) is 19.5 Å².